The smallest absolute Gasteiger partial charge is 0.248 e. The van der Waals surface area contributed by atoms with Crippen LogP contribution in [0.1, 0.15) is 30.9 Å². The Labute approximate surface area is 142 Å². The van der Waals surface area contributed by atoms with Gasteiger partial charge >= 0.3 is 0 Å². The molecule has 3 heterocycles. The van der Waals surface area contributed by atoms with E-state index in [4.69, 9.17) is 9.47 Å². The number of aromatic amines is 1. The second kappa shape index (κ2) is 7.11. The Morgan fingerprint density at radius 3 is 2.83 bits per heavy atom. The number of carbonyl (C=O) groups is 1. The van der Waals surface area contributed by atoms with Crippen LogP contribution in [0.3, 0.4) is 0 Å². The van der Waals surface area contributed by atoms with Gasteiger partial charge in [0.2, 0.25) is 5.91 Å². The van der Waals surface area contributed by atoms with Crippen LogP contribution in [0.25, 0.3) is 0 Å². The number of nitrogens with zero attached hydrogens (tertiary/aromatic N) is 3. The average Bonchev–Trinajstić information content (AvgIpc) is 3.12. The zero-order chi connectivity index (χ0) is 16.4. The summed E-state index contributed by atoms with van der Waals surface area (Å²) in [5, 5.41) is 7.58. The standard InChI is InChI=1S/C17H26N4O3/c22-17(12-24-11-13-3-8-23-10-13)21-6-4-20(5-7-21)16-9-15(18-19-16)14-1-2-14/h9,13-14H,1-8,10-12H2,(H,18,19). The summed E-state index contributed by atoms with van der Waals surface area (Å²) in [6.07, 6.45) is 3.59. The fourth-order valence-electron chi connectivity index (χ4n) is 3.39. The van der Waals surface area contributed by atoms with Crippen molar-refractivity contribution in [3.05, 3.63) is 11.8 Å². The number of amides is 1. The minimum Gasteiger partial charge on any atom is -0.381 e. The second-order valence-electron chi connectivity index (χ2n) is 7.07. The lowest BCUT2D eigenvalue weighted by atomic mass is 10.1. The fourth-order valence-corrected chi connectivity index (χ4v) is 3.39. The summed E-state index contributed by atoms with van der Waals surface area (Å²) in [5.41, 5.74) is 1.26. The quantitative estimate of drug-likeness (QED) is 0.840. The molecular formula is C17H26N4O3. The van der Waals surface area contributed by atoms with Crippen molar-refractivity contribution in [3.8, 4) is 0 Å². The third kappa shape index (κ3) is 3.72. The molecule has 3 fully saturated rings. The van der Waals surface area contributed by atoms with E-state index in [1.165, 1.54) is 18.5 Å². The van der Waals surface area contributed by atoms with Gasteiger partial charge in [0, 0.05) is 56.4 Å². The first-order valence-corrected chi connectivity index (χ1v) is 9.03. The summed E-state index contributed by atoms with van der Waals surface area (Å²) in [6, 6.07) is 2.17. The predicted molar refractivity (Wildman–Crippen MR) is 89.1 cm³/mol. The van der Waals surface area contributed by atoms with Gasteiger partial charge in [-0.15, -0.1) is 0 Å². The number of nitrogens with one attached hydrogen (secondary N) is 1. The largest absolute Gasteiger partial charge is 0.381 e. The van der Waals surface area contributed by atoms with E-state index in [1.54, 1.807) is 0 Å². The molecule has 1 aromatic heterocycles. The molecule has 1 unspecified atom stereocenters. The van der Waals surface area contributed by atoms with Gasteiger partial charge in [0.25, 0.3) is 0 Å². The minimum atomic E-state index is 0.0919. The van der Waals surface area contributed by atoms with Crippen molar-refractivity contribution in [3.63, 3.8) is 0 Å². The lowest BCUT2D eigenvalue weighted by Gasteiger charge is -2.34. The molecule has 7 nitrogen and oxygen atoms in total. The number of hydrogen-bond acceptors (Lipinski definition) is 5. The number of carbonyl (C=O) groups excluding carboxylic acids is 1. The zero-order valence-corrected chi connectivity index (χ0v) is 14.1. The van der Waals surface area contributed by atoms with Crippen molar-refractivity contribution in [2.45, 2.75) is 25.2 Å². The van der Waals surface area contributed by atoms with Crippen molar-refractivity contribution in [2.75, 3.05) is 57.5 Å². The first-order valence-electron chi connectivity index (χ1n) is 9.03. The van der Waals surface area contributed by atoms with Gasteiger partial charge in [0.05, 0.1) is 13.2 Å². The number of anilines is 1. The van der Waals surface area contributed by atoms with E-state index >= 15 is 0 Å². The number of rotatable bonds is 6. The number of piperazine rings is 1. The first-order chi connectivity index (χ1) is 11.8. The number of H-pyrrole nitrogens is 1. The summed E-state index contributed by atoms with van der Waals surface area (Å²) in [7, 11) is 0. The molecule has 2 saturated heterocycles. The van der Waals surface area contributed by atoms with E-state index in [1.807, 2.05) is 4.90 Å². The molecule has 1 amide bonds. The topological polar surface area (TPSA) is 70.7 Å². The molecule has 0 bridgehead atoms. The van der Waals surface area contributed by atoms with Crippen molar-refractivity contribution in [1.82, 2.24) is 15.1 Å². The lowest BCUT2D eigenvalue weighted by molar-refractivity contribution is -0.136. The van der Waals surface area contributed by atoms with Crippen LogP contribution in [0.5, 0.6) is 0 Å². The average molecular weight is 334 g/mol. The van der Waals surface area contributed by atoms with Crippen LogP contribution in [-0.2, 0) is 14.3 Å². The Bertz CT molecular complexity index is 558. The highest BCUT2D eigenvalue weighted by molar-refractivity contribution is 5.77. The summed E-state index contributed by atoms with van der Waals surface area (Å²) in [4.78, 5) is 16.4. The Kier molecular flexibility index (Phi) is 4.71. The summed E-state index contributed by atoms with van der Waals surface area (Å²) in [6.45, 7) is 5.53. The molecule has 1 saturated carbocycles. The molecule has 1 aromatic rings. The Hall–Kier alpha value is -1.60. The van der Waals surface area contributed by atoms with Gasteiger partial charge in [-0.05, 0) is 19.3 Å². The zero-order valence-electron chi connectivity index (χ0n) is 14.1. The summed E-state index contributed by atoms with van der Waals surface area (Å²) < 4.78 is 10.9. The molecule has 7 heteroatoms. The molecule has 2 aliphatic heterocycles. The fraction of sp³-hybridized carbons (Fsp3) is 0.765. The van der Waals surface area contributed by atoms with Crippen LogP contribution in [0.4, 0.5) is 5.82 Å². The Balaban J connectivity index is 1.19. The van der Waals surface area contributed by atoms with Crippen molar-refractivity contribution in [2.24, 2.45) is 5.92 Å². The van der Waals surface area contributed by atoms with Crippen LogP contribution in [0, 0.1) is 5.92 Å². The number of hydrogen-bond donors (Lipinski definition) is 1. The highest BCUT2D eigenvalue weighted by atomic mass is 16.5. The molecule has 0 spiro atoms. The van der Waals surface area contributed by atoms with Gasteiger partial charge in [-0.1, -0.05) is 0 Å². The first kappa shape index (κ1) is 15.9. The molecule has 0 radical (unpaired) electrons. The van der Waals surface area contributed by atoms with E-state index in [0.717, 1.165) is 51.6 Å². The van der Waals surface area contributed by atoms with Gasteiger partial charge in [0.1, 0.15) is 6.61 Å². The van der Waals surface area contributed by atoms with Crippen LogP contribution in [-0.4, -0.2) is 73.6 Å². The Morgan fingerprint density at radius 1 is 1.29 bits per heavy atom. The van der Waals surface area contributed by atoms with Gasteiger partial charge in [-0.2, -0.15) is 5.10 Å². The Morgan fingerprint density at radius 2 is 2.12 bits per heavy atom. The van der Waals surface area contributed by atoms with E-state index in [2.05, 4.69) is 21.2 Å². The molecular weight excluding hydrogens is 308 g/mol. The molecule has 1 N–H and O–H groups in total. The molecule has 0 aromatic carbocycles. The van der Waals surface area contributed by atoms with E-state index in [0.29, 0.717) is 18.4 Å². The van der Waals surface area contributed by atoms with Gasteiger partial charge in [-0.3, -0.25) is 9.89 Å². The molecule has 1 aliphatic carbocycles. The SMILES string of the molecule is O=C(COCC1CCOC1)N1CCN(c2cc(C3CC3)[nH]n2)CC1. The van der Waals surface area contributed by atoms with Crippen LogP contribution >= 0.6 is 0 Å². The third-order valence-corrected chi connectivity index (χ3v) is 5.16. The third-order valence-electron chi connectivity index (χ3n) is 5.16. The lowest BCUT2D eigenvalue weighted by Crippen LogP contribution is -2.50. The minimum absolute atomic E-state index is 0.0919. The van der Waals surface area contributed by atoms with Crippen molar-refractivity contribution < 1.29 is 14.3 Å². The number of aromatic nitrogens is 2. The van der Waals surface area contributed by atoms with Crippen LogP contribution < -0.4 is 4.90 Å². The van der Waals surface area contributed by atoms with E-state index in [-0.39, 0.29) is 12.5 Å². The highest BCUT2D eigenvalue weighted by Gasteiger charge is 2.28. The monoisotopic (exact) mass is 334 g/mol. The molecule has 24 heavy (non-hydrogen) atoms. The van der Waals surface area contributed by atoms with Gasteiger partial charge in [-0.25, -0.2) is 0 Å². The second-order valence-corrected chi connectivity index (χ2v) is 7.07. The van der Waals surface area contributed by atoms with E-state index < -0.39 is 0 Å². The van der Waals surface area contributed by atoms with Gasteiger partial charge < -0.3 is 19.3 Å². The van der Waals surface area contributed by atoms with Gasteiger partial charge in [0.15, 0.2) is 5.82 Å². The summed E-state index contributed by atoms with van der Waals surface area (Å²) >= 11 is 0. The maximum atomic E-state index is 12.2. The van der Waals surface area contributed by atoms with Crippen molar-refractivity contribution >= 4 is 11.7 Å². The highest BCUT2D eigenvalue weighted by Crippen LogP contribution is 2.39. The molecule has 3 aliphatic rings. The molecule has 132 valence electrons. The van der Waals surface area contributed by atoms with Crippen molar-refractivity contribution in [1.29, 1.82) is 0 Å². The maximum absolute atomic E-state index is 12.2. The van der Waals surface area contributed by atoms with E-state index in [9.17, 15) is 4.79 Å². The maximum Gasteiger partial charge on any atom is 0.248 e. The molecule has 4 rings (SSSR count). The molecule has 1 atom stereocenters. The van der Waals surface area contributed by atoms with Crippen LogP contribution in [0.15, 0.2) is 6.07 Å². The summed E-state index contributed by atoms with van der Waals surface area (Å²) in [5.74, 6) is 2.25. The number of ether oxygens (including phenoxy) is 2. The van der Waals surface area contributed by atoms with Crippen LogP contribution in [0.2, 0.25) is 0 Å². The normalized spacial score (nSPS) is 24.6. The predicted octanol–water partition coefficient (Wildman–Crippen LogP) is 0.989.